The first-order valence-corrected chi connectivity index (χ1v) is 5.58. The van der Waals surface area contributed by atoms with Gasteiger partial charge in [0.25, 0.3) is 0 Å². The summed E-state index contributed by atoms with van der Waals surface area (Å²) in [5, 5.41) is 3.23. The Bertz CT molecular complexity index is 249. The first-order valence-electron chi connectivity index (χ1n) is 5.58. The minimum atomic E-state index is 0.0781. The van der Waals surface area contributed by atoms with Crippen molar-refractivity contribution >= 4 is 5.91 Å². The molecule has 3 rings (SSSR count). The molecule has 1 saturated heterocycles. The van der Waals surface area contributed by atoms with Crippen molar-refractivity contribution in [1.29, 1.82) is 0 Å². The molecule has 3 aliphatic rings. The zero-order chi connectivity index (χ0) is 8.94. The average molecular weight is 179 g/mol. The molecule has 1 aliphatic heterocycles. The normalized spacial score (nSPS) is 33.7. The average Bonchev–Trinajstić information content (AvgIpc) is 2.80. The molecule has 0 atom stereocenters. The molecule has 0 bridgehead atoms. The number of carbonyl (C=O) groups is 1. The summed E-state index contributed by atoms with van der Waals surface area (Å²) in [5.74, 6) is 0.379. The minimum absolute atomic E-state index is 0.0781. The second kappa shape index (κ2) is 2.28. The van der Waals surface area contributed by atoms with Gasteiger partial charge >= 0.3 is 0 Å². The van der Waals surface area contributed by atoms with Crippen LogP contribution in [0.1, 0.15) is 51.4 Å². The summed E-state index contributed by atoms with van der Waals surface area (Å²) in [6, 6.07) is 0. The van der Waals surface area contributed by atoms with E-state index in [1.54, 1.807) is 0 Å². The third-order valence-electron chi connectivity index (χ3n) is 4.20. The zero-order valence-electron chi connectivity index (χ0n) is 8.07. The number of carbonyl (C=O) groups excluding carboxylic acids is 1. The number of amides is 1. The second-order valence-electron chi connectivity index (χ2n) is 5.25. The monoisotopic (exact) mass is 179 g/mol. The molecule has 1 amide bonds. The topological polar surface area (TPSA) is 29.1 Å². The Morgan fingerprint density at radius 3 is 2.23 bits per heavy atom. The van der Waals surface area contributed by atoms with E-state index < -0.39 is 0 Å². The fraction of sp³-hybridized carbons (Fsp3) is 0.909. The quantitative estimate of drug-likeness (QED) is 0.605. The number of hydrogen-bond donors (Lipinski definition) is 1. The maximum Gasteiger partial charge on any atom is 0.226 e. The molecule has 2 nitrogen and oxygen atoms in total. The molecule has 0 aromatic heterocycles. The predicted octanol–water partition coefficient (Wildman–Crippen LogP) is 1.99. The predicted molar refractivity (Wildman–Crippen MR) is 50.2 cm³/mol. The SMILES string of the molecule is O=C1NC2(CC2)CC12CCCCC2. The molecule has 0 unspecified atom stereocenters. The van der Waals surface area contributed by atoms with Gasteiger partial charge in [0.1, 0.15) is 0 Å². The van der Waals surface area contributed by atoms with Crippen LogP contribution in [0.2, 0.25) is 0 Å². The lowest BCUT2D eigenvalue weighted by Crippen LogP contribution is -2.33. The molecular weight excluding hydrogens is 162 g/mol. The lowest BCUT2D eigenvalue weighted by Gasteiger charge is -2.30. The lowest BCUT2D eigenvalue weighted by molar-refractivity contribution is -0.129. The fourth-order valence-electron chi connectivity index (χ4n) is 3.23. The lowest BCUT2D eigenvalue weighted by atomic mass is 9.72. The van der Waals surface area contributed by atoms with Crippen LogP contribution in [0.5, 0.6) is 0 Å². The van der Waals surface area contributed by atoms with Crippen LogP contribution in [-0.2, 0) is 4.79 Å². The molecule has 0 aromatic carbocycles. The third-order valence-corrected chi connectivity index (χ3v) is 4.20. The molecule has 2 heteroatoms. The van der Waals surface area contributed by atoms with Crippen molar-refractivity contribution in [2.45, 2.75) is 56.9 Å². The van der Waals surface area contributed by atoms with Gasteiger partial charge in [-0.25, -0.2) is 0 Å². The van der Waals surface area contributed by atoms with E-state index in [1.165, 1.54) is 32.1 Å². The van der Waals surface area contributed by atoms with E-state index in [4.69, 9.17) is 0 Å². The van der Waals surface area contributed by atoms with Crippen LogP contribution in [0.3, 0.4) is 0 Å². The molecule has 1 N–H and O–H groups in total. The van der Waals surface area contributed by atoms with Crippen LogP contribution in [0.15, 0.2) is 0 Å². The van der Waals surface area contributed by atoms with Crippen molar-refractivity contribution in [3.63, 3.8) is 0 Å². The van der Waals surface area contributed by atoms with Crippen molar-refractivity contribution in [2.24, 2.45) is 5.41 Å². The first kappa shape index (κ1) is 7.84. The number of nitrogens with one attached hydrogen (secondary N) is 1. The molecule has 3 fully saturated rings. The van der Waals surface area contributed by atoms with Gasteiger partial charge < -0.3 is 5.32 Å². The molecule has 13 heavy (non-hydrogen) atoms. The van der Waals surface area contributed by atoms with Gasteiger partial charge in [-0.15, -0.1) is 0 Å². The van der Waals surface area contributed by atoms with E-state index in [2.05, 4.69) is 5.32 Å². The van der Waals surface area contributed by atoms with Crippen molar-refractivity contribution in [1.82, 2.24) is 5.32 Å². The van der Waals surface area contributed by atoms with Crippen molar-refractivity contribution < 1.29 is 4.79 Å². The Labute approximate surface area is 79.1 Å². The van der Waals surface area contributed by atoms with Gasteiger partial charge in [-0.2, -0.15) is 0 Å². The number of hydrogen-bond acceptors (Lipinski definition) is 1. The van der Waals surface area contributed by atoms with Gasteiger partial charge in [-0.1, -0.05) is 19.3 Å². The van der Waals surface area contributed by atoms with Crippen molar-refractivity contribution in [3.8, 4) is 0 Å². The van der Waals surface area contributed by atoms with E-state index in [1.807, 2.05) is 0 Å². The van der Waals surface area contributed by atoms with Gasteiger partial charge in [-0.05, 0) is 32.1 Å². The number of rotatable bonds is 0. The highest BCUT2D eigenvalue weighted by Crippen LogP contribution is 2.55. The maximum absolute atomic E-state index is 11.9. The fourth-order valence-corrected chi connectivity index (χ4v) is 3.23. The Balaban J connectivity index is 1.85. The highest BCUT2D eigenvalue weighted by Gasteiger charge is 2.59. The summed E-state index contributed by atoms with van der Waals surface area (Å²) >= 11 is 0. The Hall–Kier alpha value is -0.530. The Morgan fingerprint density at radius 1 is 1.00 bits per heavy atom. The van der Waals surface area contributed by atoms with E-state index >= 15 is 0 Å². The van der Waals surface area contributed by atoms with E-state index in [0.29, 0.717) is 5.91 Å². The van der Waals surface area contributed by atoms with E-state index in [9.17, 15) is 4.79 Å². The van der Waals surface area contributed by atoms with Crippen molar-refractivity contribution in [2.75, 3.05) is 0 Å². The van der Waals surface area contributed by atoms with Gasteiger partial charge in [0.15, 0.2) is 0 Å². The molecule has 0 radical (unpaired) electrons. The first-order chi connectivity index (χ1) is 6.25. The highest BCUT2D eigenvalue weighted by molar-refractivity contribution is 5.86. The minimum Gasteiger partial charge on any atom is -0.350 e. The molecular formula is C11H17NO. The van der Waals surface area contributed by atoms with E-state index in [-0.39, 0.29) is 11.0 Å². The summed E-state index contributed by atoms with van der Waals surface area (Å²) in [7, 11) is 0. The molecule has 2 saturated carbocycles. The van der Waals surface area contributed by atoms with Crippen LogP contribution in [-0.4, -0.2) is 11.4 Å². The van der Waals surface area contributed by atoms with E-state index in [0.717, 1.165) is 19.3 Å². The standard InChI is InChI=1S/C11H17NO/c13-9-10(4-2-1-3-5-10)8-11(12-9)6-7-11/h1-8H2,(H,12,13). The van der Waals surface area contributed by atoms with Gasteiger partial charge in [-0.3, -0.25) is 4.79 Å². The molecule has 72 valence electrons. The van der Waals surface area contributed by atoms with Gasteiger partial charge in [0.05, 0.1) is 5.41 Å². The smallest absolute Gasteiger partial charge is 0.226 e. The summed E-state index contributed by atoms with van der Waals surface area (Å²) in [6.45, 7) is 0. The Kier molecular flexibility index (Phi) is 1.38. The summed E-state index contributed by atoms with van der Waals surface area (Å²) in [6.07, 6.45) is 9.80. The summed E-state index contributed by atoms with van der Waals surface area (Å²) in [5.41, 5.74) is 0.364. The van der Waals surface area contributed by atoms with Crippen LogP contribution < -0.4 is 5.32 Å². The van der Waals surface area contributed by atoms with Crippen LogP contribution >= 0.6 is 0 Å². The van der Waals surface area contributed by atoms with Crippen molar-refractivity contribution in [3.05, 3.63) is 0 Å². The second-order valence-corrected chi connectivity index (χ2v) is 5.25. The van der Waals surface area contributed by atoms with Gasteiger partial charge in [0.2, 0.25) is 5.91 Å². The molecule has 2 spiro atoms. The van der Waals surface area contributed by atoms with Gasteiger partial charge in [0, 0.05) is 5.54 Å². The largest absolute Gasteiger partial charge is 0.350 e. The maximum atomic E-state index is 11.9. The zero-order valence-corrected chi connectivity index (χ0v) is 8.07. The molecule has 1 heterocycles. The summed E-state index contributed by atoms with van der Waals surface area (Å²) in [4.78, 5) is 11.9. The Morgan fingerprint density at radius 2 is 1.69 bits per heavy atom. The molecule has 0 aromatic rings. The summed E-state index contributed by atoms with van der Waals surface area (Å²) < 4.78 is 0. The highest BCUT2D eigenvalue weighted by atomic mass is 16.2. The van der Waals surface area contributed by atoms with Crippen LogP contribution in [0.25, 0.3) is 0 Å². The third kappa shape index (κ3) is 1.04. The van der Waals surface area contributed by atoms with Crippen LogP contribution in [0, 0.1) is 5.41 Å². The van der Waals surface area contributed by atoms with Crippen LogP contribution in [0.4, 0.5) is 0 Å². The molecule has 2 aliphatic carbocycles.